The van der Waals surface area contributed by atoms with Gasteiger partial charge in [-0.3, -0.25) is 4.79 Å². The summed E-state index contributed by atoms with van der Waals surface area (Å²) in [7, 11) is 0. The molecular formula is C11H11NO2. The van der Waals surface area contributed by atoms with Gasteiger partial charge in [-0.25, -0.2) is 0 Å². The summed E-state index contributed by atoms with van der Waals surface area (Å²) in [6.45, 7) is 2.81. The molecule has 0 saturated heterocycles. The van der Waals surface area contributed by atoms with Crippen LogP contribution >= 0.6 is 0 Å². The maximum absolute atomic E-state index is 10.0. The number of rotatable bonds is 3. The Kier molecular flexibility index (Phi) is 2.23. The van der Waals surface area contributed by atoms with Crippen molar-refractivity contribution in [3.63, 3.8) is 0 Å². The number of aryl methyl sites for hydroxylation is 1. The molecule has 3 nitrogen and oxygen atoms in total. The molecule has 0 bridgehead atoms. The Hall–Kier alpha value is -1.77. The summed E-state index contributed by atoms with van der Waals surface area (Å²) in [5.74, 6) is 0. The smallest absolute Gasteiger partial charge is 0.293 e. The summed E-state index contributed by atoms with van der Waals surface area (Å²) in [4.78, 5) is 13.2. The average molecular weight is 189 g/mol. The molecular weight excluding hydrogens is 178 g/mol. The summed E-state index contributed by atoms with van der Waals surface area (Å²) < 4.78 is 4.68. The van der Waals surface area contributed by atoms with Gasteiger partial charge in [0.2, 0.25) is 0 Å². The van der Waals surface area contributed by atoms with Crippen LogP contribution in [-0.2, 0) is 16.1 Å². The van der Waals surface area contributed by atoms with E-state index >= 15 is 0 Å². The molecule has 2 aromatic rings. The standard InChI is InChI=1S/C11H11NO2/c1-8-4-10-3-2-9(6-14-7-13)5-11(10)12-8/h2-5,7,12H,6H2,1H3. The lowest BCUT2D eigenvalue weighted by Gasteiger charge is -1.98. The van der Waals surface area contributed by atoms with Crippen LogP contribution in [-0.4, -0.2) is 11.5 Å². The molecule has 72 valence electrons. The minimum Gasteiger partial charge on any atom is -0.463 e. The van der Waals surface area contributed by atoms with Gasteiger partial charge in [-0.15, -0.1) is 0 Å². The normalized spacial score (nSPS) is 10.4. The Morgan fingerprint density at radius 2 is 2.29 bits per heavy atom. The van der Waals surface area contributed by atoms with E-state index in [-0.39, 0.29) is 0 Å². The SMILES string of the molecule is Cc1cc2ccc(COC=O)cc2[nH]1. The van der Waals surface area contributed by atoms with Gasteiger partial charge >= 0.3 is 0 Å². The number of benzene rings is 1. The lowest BCUT2D eigenvalue weighted by molar-refractivity contribution is -0.129. The number of H-pyrrole nitrogens is 1. The summed E-state index contributed by atoms with van der Waals surface area (Å²) in [5.41, 5.74) is 3.20. The quantitative estimate of drug-likeness (QED) is 0.751. The molecule has 0 amide bonds. The molecule has 1 heterocycles. The van der Waals surface area contributed by atoms with Crippen LogP contribution < -0.4 is 0 Å². The number of carbonyl (C=O) groups is 1. The minimum atomic E-state index is 0.331. The zero-order valence-corrected chi connectivity index (χ0v) is 7.91. The zero-order valence-electron chi connectivity index (χ0n) is 7.91. The van der Waals surface area contributed by atoms with E-state index in [9.17, 15) is 4.79 Å². The fourth-order valence-corrected chi connectivity index (χ4v) is 1.54. The first-order chi connectivity index (χ1) is 6.79. The van der Waals surface area contributed by atoms with Gasteiger partial charge in [0.15, 0.2) is 0 Å². The first-order valence-electron chi connectivity index (χ1n) is 4.43. The van der Waals surface area contributed by atoms with Gasteiger partial charge in [0.05, 0.1) is 0 Å². The maximum Gasteiger partial charge on any atom is 0.293 e. The van der Waals surface area contributed by atoms with E-state index in [1.165, 1.54) is 5.39 Å². The van der Waals surface area contributed by atoms with E-state index in [0.29, 0.717) is 13.1 Å². The number of hydrogen-bond donors (Lipinski definition) is 1. The van der Waals surface area contributed by atoms with E-state index in [1.54, 1.807) is 0 Å². The average Bonchev–Trinajstić information content (AvgIpc) is 2.54. The minimum absolute atomic E-state index is 0.331. The maximum atomic E-state index is 10.0. The van der Waals surface area contributed by atoms with Crippen LogP contribution in [0.25, 0.3) is 10.9 Å². The fourth-order valence-electron chi connectivity index (χ4n) is 1.54. The van der Waals surface area contributed by atoms with Gasteiger partial charge in [-0.2, -0.15) is 0 Å². The largest absolute Gasteiger partial charge is 0.463 e. The van der Waals surface area contributed by atoms with Crippen molar-refractivity contribution in [3.8, 4) is 0 Å². The fraction of sp³-hybridized carbons (Fsp3) is 0.182. The summed E-state index contributed by atoms with van der Waals surface area (Å²) in [6.07, 6.45) is 0. The predicted molar refractivity (Wildman–Crippen MR) is 53.9 cm³/mol. The second kappa shape index (κ2) is 3.54. The summed E-state index contributed by atoms with van der Waals surface area (Å²) >= 11 is 0. The van der Waals surface area contributed by atoms with Crippen molar-refractivity contribution in [2.75, 3.05) is 0 Å². The number of nitrogens with one attached hydrogen (secondary N) is 1. The first kappa shape index (κ1) is 8.81. The van der Waals surface area contributed by atoms with Crippen molar-refractivity contribution >= 4 is 17.4 Å². The van der Waals surface area contributed by atoms with E-state index in [4.69, 9.17) is 0 Å². The molecule has 0 unspecified atom stereocenters. The van der Waals surface area contributed by atoms with E-state index in [0.717, 1.165) is 16.8 Å². The molecule has 1 N–H and O–H groups in total. The van der Waals surface area contributed by atoms with E-state index in [1.807, 2.05) is 25.1 Å². The van der Waals surface area contributed by atoms with E-state index in [2.05, 4.69) is 15.8 Å². The van der Waals surface area contributed by atoms with Crippen molar-refractivity contribution in [2.45, 2.75) is 13.5 Å². The summed E-state index contributed by atoms with van der Waals surface area (Å²) in [6, 6.07) is 8.05. The molecule has 0 aliphatic heterocycles. The number of aromatic nitrogens is 1. The molecule has 0 spiro atoms. The molecule has 1 aromatic carbocycles. The number of hydrogen-bond acceptors (Lipinski definition) is 2. The van der Waals surface area contributed by atoms with Gasteiger partial charge in [0.25, 0.3) is 6.47 Å². The van der Waals surface area contributed by atoms with Gasteiger partial charge in [0.1, 0.15) is 6.61 Å². The van der Waals surface area contributed by atoms with Crippen LogP contribution in [0.2, 0.25) is 0 Å². The number of ether oxygens (including phenoxy) is 1. The highest BCUT2D eigenvalue weighted by atomic mass is 16.5. The molecule has 14 heavy (non-hydrogen) atoms. The monoisotopic (exact) mass is 189 g/mol. The third kappa shape index (κ3) is 1.62. The number of carbonyl (C=O) groups excluding carboxylic acids is 1. The highest BCUT2D eigenvalue weighted by Crippen LogP contribution is 2.16. The predicted octanol–water partition coefficient (Wildman–Crippen LogP) is 2.15. The van der Waals surface area contributed by atoms with Crippen molar-refractivity contribution in [1.82, 2.24) is 4.98 Å². The first-order valence-corrected chi connectivity index (χ1v) is 4.43. The third-order valence-electron chi connectivity index (χ3n) is 2.14. The lowest BCUT2D eigenvalue weighted by Crippen LogP contribution is -1.89. The molecule has 0 fully saturated rings. The Labute approximate surface area is 81.7 Å². The van der Waals surface area contributed by atoms with Crippen LogP contribution in [0, 0.1) is 6.92 Å². The topological polar surface area (TPSA) is 42.1 Å². The van der Waals surface area contributed by atoms with Crippen molar-refractivity contribution in [3.05, 3.63) is 35.5 Å². The van der Waals surface area contributed by atoms with Crippen LogP contribution in [0.1, 0.15) is 11.3 Å². The molecule has 2 rings (SSSR count). The van der Waals surface area contributed by atoms with Crippen LogP contribution in [0.5, 0.6) is 0 Å². The van der Waals surface area contributed by atoms with Gasteiger partial charge < -0.3 is 9.72 Å². The molecule has 0 atom stereocenters. The van der Waals surface area contributed by atoms with Crippen molar-refractivity contribution < 1.29 is 9.53 Å². The highest BCUT2D eigenvalue weighted by Gasteiger charge is 1.99. The molecule has 0 saturated carbocycles. The second-order valence-electron chi connectivity index (χ2n) is 3.28. The van der Waals surface area contributed by atoms with Crippen LogP contribution in [0.3, 0.4) is 0 Å². The molecule has 0 radical (unpaired) electrons. The van der Waals surface area contributed by atoms with Crippen molar-refractivity contribution in [1.29, 1.82) is 0 Å². The Morgan fingerprint density at radius 1 is 1.43 bits per heavy atom. The Balaban J connectivity index is 2.35. The van der Waals surface area contributed by atoms with Gasteiger partial charge in [-0.1, -0.05) is 12.1 Å². The van der Waals surface area contributed by atoms with Gasteiger partial charge in [0, 0.05) is 11.2 Å². The van der Waals surface area contributed by atoms with Gasteiger partial charge in [-0.05, 0) is 30.0 Å². The molecule has 0 aliphatic rings. The Morgan fingerprint density at radius 3 is 3.07 bits per heavy atom. The number of aromatic amines is 1. The molecule has 0 aliphatic carbocycles. The zero-order chi connectivity index (χ0) is 9.97. The summed E-state index contributed by atoms with van der Waals surface area (Å²) in [5, 5.41) is 1.18. The second-order valence-corrected chi connectivity index (χ2v) is 3.28. The number of fused-ring (bicyclic) bond motifs is 1. The Bertz CT molecular complexity index is 459. The van der Waals surface area contributed by atoms with E-state index < -0.39 is 0 Å². The van der Waals surface area contributed by atoms with Crippen LogP contribution in [0.15, 0.2) is 24.3 Å². The third-order valence-corrected chi connectivity index (χ3v) is 2.14. The molecule has 1 aromatic heterocycles. The van der Waals surface area contributed by atoms with Crippen molar-refractivity contribution in [2.24, 2.45) is 0 Å². The molecule has 3 heteroatoms. The highest BCUT2D eigenvalue weighted by molar-refractivity contribution is 5.80. The lowest BCUT2D eigenvalue weighted by atomic mass is 10.2. The van der Waals surface area contributed by atoms with Crippen LogP contribution in [0.4, 0.5) is 0 Å².